The van der Waals surface area contributed by atoms with Crippen LogP contribution < -0.4 is 26.0 Å². The van der Waals surface area contributed by atoms with Crippen molar-refractivity contribution in [3.05, 3.63) is 18.2 Å². The first kappa shape index (κ1) is 23.0. The van der Waals surface area contributed by atoms with E-state index in [2.05, 4.69) is 15.4 Å². The minimum absolute atomic E-state index is 0.0350. The van der Waals surface area contributed by atoms with E-state index >= 15 is 0 Å². The average Bonchev–Trinajstić information content (AvgIpc) is 2.63. The summed E-state index contributed by atoms with van der Waals surface area (Å²) < 4.78 is 35.4. The first-order valence-electron chi connectivity index (χ1n) is 9.32. The summed E-state index contributed by atoms with van der Waals surface area (Å²) in [6.07, 6.45) is 0. The summed E-state index contributed by atoms with van der Waals surface area (Å²) >= 11 is 0. The lowest BCUT2D eigenvalue weighted by Crippen LogP contribution is -2.48. The second-order valence-electron chi connectivity index (χ2n) is 7.88. The highest BCUT2D eigenvalue weighted by molar-refractivity contribution is 5.98. The summed E-state index contributed by atoms with van der Waals surface area (Å²) in [6.45, 7) is 4.06. The Morgan fingerprint density at radius 1 is 1.38 bits per heavy atom. The van der Waals surface area contributed by atoms with Crippen LogP contribution in [0.15, 0.2) is 18.2 Å². The monoisotopic (exact) mass is 414 g/mol. The van der Waals surface area contributed by atoms with Gasteiger partial charge in [0.25, 0.3) is 5.91 Å². The quantitative estimate of drug-likeness (QED) is 0.596. The molecule has 0 unspecified atom stereocenters. The van der Waals surface area contributed by atoms with E-state index in [9.17, 15) is 18.4 Å². The number of anilines is 2. The van der Waals surface area contributed by atoms with Gasteiger partial charge in [0.15, 0.2) is 5.75 Å². The third kappa shape index (κ3) is 6.91. The maximum Gasteiger partial charge on any atom is 0.387 e. The smallest absolute Gasteiger partial charge is 0.387 e. The van der Waals surface area contributed by atoms with Crippen molar-refractivity contribution in [2.45, 2.75) is 33.4 Å². The van der Waals surface area contributed by atoms with Crippen LogP contribution in [0.4, 0.5) is 20.2 Å². The molecule has 1 aliphatic rings. The summed E-state index contributed by atoms with van der Waals surface area (Å²) in [6, 6.07) is 3.57. The van der Waals surface area contributed by atoms with Gasteiger partial charge in [-0.1, -0.05) is 20.8 Å². The second-order valence-corrected chi connectivity index (χ2v) is 7.88. The second kappa shape index (κ2) is 9.95. The molecular formula is C19H28F2N4O4. The predicted octanol–water partition coefficient (Wildman–Crippen LogP) is 1.55. The molecule has 0 saturated carbocycles. The highest BCUT2D eigenvalue weighted by Crippen LogP contribution is 2.32. The fraction of sp³-hybridized carbons (Fsp3) is 0.579. The van der Waals surface area contributed by atoms with E-state index in [1.54, 1.807) is 6.07 Å². The van der Waals surface area contributed by atoms with Crippen LogP contribution in [0.1, 0.15) is 20.8 Å². The van der Waals surface area contributed by atoms with E-state index in [4.69, 9.17) is 10.5 Å². The van der Waals surface area contributed by atoms with Crippen LogP contribution in [0.3, 0.4) is 0 Å². The van der Waals surface area contributed by atoms with Gasteiger partial charge in [-0.05, 0) is 17.5 Å². The highest BCUT2D eigenvalue weighted by atomic mass is 19.3. The zero-order valence-electron chi connectivity index (χ0n) is 16.8. The zero-order chi connectivity index (χ0) is 21.6. The van der Waals surface area contributed by atoms with Crippen molar-refractivity contribution in [2.75, 3.05) is 43.1 Å². The molecule has 0 radical (unpaired) electrons. The molecule has 2 rings (SSSR count). The van der Waals surface area contributed by atoms with Gasteiger partial charge in [0.05, 0.1) is 18.3 Å². The Bertz CT molecular complexity index is 725. The number of hydrogen-bond acceptors (Lipinski definition) is 6. The molecule has 0 aromatic heterocycles. The van der Waals surface area contributed by atoms with Gasteiger partial charge in [0.2, 0.25) is 5.91 Å². The van der Waals surface area contributed by atoms with Gasteiger partial charge >= 0.3 is 6.61 Å². The molecule has 1 fully saturated rings. The Hall–Kier alpha value is -2.30. The van der Waals surface area contributed by atoms with Crippen molar-refractivity contribution in [1.29, 1.82) is 0 Å². The number of hydrogen-bond donors (Lipinski definition) is 3. The first-order chi connectivity index (χ1) is 13.6. The molecule has 8 nitrogen and oxygen atoms in total. The number of alkyl halides is 2. The Kier molecular flexibility index (Phi) is 7.88. The van der Waals surface area contributed by atoms with Crippen molar-refractivity contribution >= 4 is 23.2 Å². The third-order valence-corrected chi connectivity index (χ3v) is 4.17. The Balaban J connectivity index is 2.19. The fourth-order valence-corrected chi connectivity index (χ4v) is 2.70. The lowest BCUT2D eigenvalue weighted by molar-refractivity contribution is -0.125. The Morgan fingerprint density at radius 2 is 2.10 bits per heavy atom. The van der Waals surface area contributed by atoms with Crippen molar-refractivity contribution in [3.63, 3.8) is 0 Å². The van der Waals surface area contributed by atoms with Gasteiger partial charge in [-0.2, -0.15) is 8.78 Å². The van der Waals surface area contributed by atoms with E-state index in [1.165, 1.54) is 17.0 Å². The summed E-state index contributed by atoms with van der Waals surface area (Å²) in [5.41, 5.74) is 6.06. The maximum absolute atomic E-state index is 12.9. The number of amides is 2. The van der Waals surface area contributed by atoms with Crippen molar-refractivity contribution in [1.82, 2.24) is 5.32 Å². The molecule has 2 amide bonds. The molecule has 0 aliphatic carbocycles. The molecule has 29 heavy (non-hydrogen) atoms. The van der Waals surface area contributed by atoms with Crippen LogP contribution in [0.5, 0.6) is 5.75 Å². The molecule has 0 spiro atoms. The molecule has 1 heterocycles. The normalized spacial score (nSPS) is 16.1. The van der Waals surface area contributed by atoms with E-state index in [0.717, 1.165) is 0 Å². The summed E-state index contributed by atoms with van der Waals surface area (Å²) in [7, 11) is 0. The molecule has 1 atom stereocenters. The lowest BCUT2D eigenvalue weighted by Gasteiger charge is -2.28. The summed E-state index contributed by atoms with van der Waals surface area (Å²) in [5, 5.41) is 5.64. The maximum atomic E-state index is 12.9. The standard InChI is InChI=1S/C19H28F2N4O4/c1-19(2,3)11-23-14(9-22)17(27)24-13-5-4-12(8-15(13)29-18(20)21)25-6-7-28-10-16(25)26/h4-5,8,14,18,23H,6-7,9-11,22H2,1-3H3,(H,24,27)/t14-/m1/s1. The van der Waals surface area contributed by atoms with Crippen molar-refractivity contribution in [3.8, 4) is 5.75 Å². The number of ether oxygens (including phenoxy) is 2. The number of halogens is 2. The highest BCUT2D eigenvalue weighted by Gasteiger charge is 2.24. The molecule has 0 bridgehead atoms. The molecule has 1 aromatic rings. The summed E-state index contributed by atoms with van der Waals surface area (Å²) in [5.74, 6) is -0.992. The third-order valence-electron chi connectivity index (χ3n) is 4.17. The van der Waals surface area contributed by atoms with Crippen molar-refractivity contribution < 1.29 is 27.8 Å². The molecule has 4 N–H and O–H groups in total. The van der Waals surface area contributed by atoms with Crippen LogP contribution in [0.25, 0.3) is 0 Å². The number of nitrogens with two attached hydrogens (primary N) is 1. The average molecular weight is 414 g/mol. The fourth-order valence-electron chi connectivity index (χ4n) is 2.70. The SMILES string of the molecule is CC(C)(C)CN[C@H](CN)C(=O)Nc1ccc(N2CCOCC2=O)cc1OC(F)F. The van der Waals surface area contributed by atoms with Crippen LogP contribution in [-0.2, 0) is 14.3 Å². The van der Waals surface area contributed by atoms with E-state index in [1.807, 2.05) is 20.8 Å². The van der Waals surface area contributed by atoms with E-state index < -0.39 is 18.6 Å². The number of nitrogens with one attached hydrogen (secondary N) is 2. The van der Waals surface area contributed by atoms with Crippen LogP contribution >= 0.6 is 0 Å². The molecular weight excluding hydrogens is 386 g/mol. The van der Waals surface area contributed by atoms with Gasteiger partial charge in [-0.3, -0.25) is 9.59 Å². The van der Waals surface area contributed by atoms with Gasteiger partial charge in [-0.25, -0.2) is 0 Å². The molecule has 1 saturated heterocycles. The minimum Gasteiger partial charge on any atom is -0.433 e. The lowest BCUT2D eigenvalue weighted by atomic mass is 9.96. The Labute approximate surface area is 168 Å². The number of carbonyl (C=O) groups excluding carboxylic acids is 2. The number of morpholine rings is 1. The summed E-state index contributed by atoms with van der Waals surface area (Å²) in [4.78, 5) is 26.0. The van der Waals surface area contributed by atoms with Crippen LogP contribution in [0, 0.1) is 5.41 Å². The predicted molar refractivity (Wildman–Crippen MR) is 105 cm³/mol. The molecule has 162 valence electrons. The molecule has 1 aromatic carbocycles. The first-order valence-corrected chi connectivity index (χ1v) is 9.32. The minimum atomic E-state index is -3.09. The van der Waals surface area contributed by atoms with Gasteiger partial charge < -0.3 is 30.7 Å². The zero-order valence-corrected chi connectivity index (χ0v) is 16.8. The number of nitrogens with zero attached hydrogens (tertiary/aromatic N) is 1. The van der Waals surface area contributed by atoms with E-state index in [0.29, 0.717) is 25.4 Å². The van der Waals surface area contributed by atoms with Crippen LogP contribution in [0.2, 0.25) is 0 Å². The largest absolute Gasteiger partial charge is 0.433 e. The van der Waals surface area contributed by atoms with Gasteiger partial charge in [-0.15, -0.1) is 0 Å². The van der Waals surface area contributed by atoms with Gasteiger partial charge in [0.1, 0.15) is 6.61 Å². The Morgan fingerprint density at radius 3 is 2.69 bits per heavy atom. The van der Waals surface area contributed by atoms with Crippen LogP contribution in [-0.4, -0.2) is 57.3 Å². The van der Waals surface area contributed by atoms with Gasteiger partial charge in [0, 0.05) is 31.4 Å². The number of carbonyl (C=O) groups is 2. The molecule has 1 aliphatic heterocycles. The topological polar surface area (TPSA) is 106 Å². The molecule has 10 heteroatoms. The van der Waals surface area contributed by atoms with E-state index in [-0.39, 0.29) is 35.9 Å². The number of rotatable bonds is 8. The van der Waals surface area contributed by atoms with Crippen molar-refractivity contribution in [2.24, 2.45) is 11.1 Å². The number of benzene rings is 1.